The van der Waals surface area contributed by atoms with Gasteiger partial charge in [0.25, 0.3) is 0 Å². The van der Waals surface area contributed by atoms with Gasteiger partial charge < -0.3 is 13.8 Å². The molecule has 1 aliphatic heterocycles. The first-order valence-corrected chi connectivity index (χ1v) is 3.08. The predicted octanol–water partition coefficient (Wildman–Crippen LogP) is -7.31. The standard InChI is InChI=1S/C2H4O.2Na.H2O4S/c1-2-3-1;;;1-5(2,3)4/h1-2H2;;;(H2,1,2,3,4)/q;2*+1;/p-2. The molecule has 1 aliphatic rings. The van der Waals surface area contributed by atoms with Crippen molar-refractivity contribution >= 4 is 10.4 Å². The van der Waals surface area contributed by atoms with Crippen molar-refractivity contribution in [1.29, 1.82) is 0 Å². The fourth-order valence-electron chi connectivity index (χ4n) is 0. The number of ether oxygens (including phenoxy) is 1. The summed E-state index contributed by atoms with van der Waals surface area (Å²) in [5.41, 5.74) is 0. The van der Waals surface area contributed by atoms with Gasteiger partial charge in [-0.3, -0.25) is 8.42 Å². The van der Waals surface area contributed by atoms with E-state index < -0.39 is 10.4 Å². The normalized spacial score (nSPS) is 13.0. The molecular formula is C2H4Na2O5S. The number of rotatable bonds is 0. The summed E-state index contributed by atoms with van der Waals surface area (Å²) in [4.78, 5) is 0. The molecule has 50 valence electrons. The van der Waals surface area contributed by atoms with Crippen LogP contribution in [0.1, 0.15) is 0 Å². The van der Waals surface area contributed by atoms with Crippen LogP contribution in [-0.4, -0.2) is 30.7 Å². The van der Waals surface area contributed by atoms with Gasteiger partial charge in [-0.05, 0) is 0 Å². The molecule has 0 N–H and O–H groups in total. The second kappa shape index (κ2) is 8.92. The van der Waals surface area contributed by atoms with Crippen LogP contribution >= 0.6 is 0 Å². The van der Waals surface area contributed by atoms with Gasteiger partial charge in [-0.15, -0.1) is 0 Å². The van der Waals surface area contributed by atoms with Crippen molar-refractivity contribution in [3.05, 3.63) is 0 Å². The first kappa shape index (κ1) is 17.8. The molecule has 0 bridgehead atoms. The predicted molar refractivity (Wildman–Crippen MR) is 21.3 cm³/mol. The molecule has 5 nitrogen and oxygen atoms in total. The maximum atomic E-state index is 8.52. The Hall–Kier alpha value is 1.83. The summed E-state index contributed by atoms with van der Waals surface area (Å²) in [6.07, 6.45) is 0. The monoisotopic (exact) mass is 186 g/mol. The molecule has 0 aliphatic carbocycles. The van der Waals surface area contributed by atoms with Gasteiger partial charge in [0.2, 0.25) is 0 Å². The molecule has 10 heavy (non-hydrogen) atoms. The van der Waals surface area contributed by atoms with Gasteiger partial charge in [-0.25, -0.2) is 0 Å². The van der Waals surface area contributed by atoms with Crippen LogP contribution in [0.5, 0.6) is 0 Å². The minimum atomic E-state index is -5.17. The number of hydrogen-bond acceptors (Lipinski definition) is 5. The zero-order chi connectivity index (χ0) is 6.62. The van der Waals surface area contributed by atoms with Crippen molar-refractivity contribution in [3.8, 4) is 0 Å². The molecule has 8 heteroatoms. The van der Waals surface area contributed by atoms with E-state index in [-0.39, 0.29) is 59.1 Å². The van der Waals surface area contributed by atoms with Crippen LogP contribution in [0.3, 0.4) is 0 Å². The molecule has 0 amide bonds. The summed E-state index contributed by atoms with van der Waals surface area (Å²) in [6.45, 7) is 2.00. The van der Waals surface area contributed by atoms with Crippen LogP contribution in [0.25, 0.3) is 0 Å². The van der Waals surface area contributed by atoms with E-state index in [4.69, 9.17) is 17.5 Å². The molecule has 1 rings (SSSR count). The van der Waals surface area contributed by atoms with Gasteiger partial charge in [0.15, 0.2) is 0 Å². The third kappa shape index (κ3) is 95.7. The quantitative estimate of drug-likeness (QED) is 0.162. The van der Waals surface area contributed by atoms with Crippen molar-refractivity contribution in [2.24, 2.45) is 0 Å². The minimum Gasteiger partial charge on any atom is -0.759 e. The van der Waals surface area contributed by atoms with Gasteiger partial charge in [-0.2, -0.15) is 0 Å². The molecule has 0 spiro atoms. The second-order valence-corrected chi connectivity index (χ2v) is 1.84. The van der Waals surface area contributed by atoms with Gasteiger partial charge in [0.05, 0.1) is 13.2 Å². The first-order valence-electron chi connectivity index (χ1n) is 1.74. The van der Waals surface area contributed by atoms with Gasteiger partial charge >= 0.3 is 59.1 Å². The van der Waals surface area contributed by atoms with E-state index in [2.05, 4.69) is 4.74 Å². The first-order chi connectivity index (χ1) is 3.50. The summed E-state index contributed by atoms with van der Waals surface area (Å²) in [5.74, 6) is 0. The smallest absolute Gasteiger partial charge is 0.759 e. The van der Waals surface area contributed by atoms with Crippen LogP contribution in [0.4, 0.5) is 0 Å². The van der Waals surface area contributed by atoms with Crippen molar-refractivity contribution < 1.29 is 81.4 Å². The molecule has 0 aromatic carbocycles. The van der Waals surface area contributed by atoms with E-state index in [1.165, 1.54) is 0 Å². The second-order valence-electron chi connectivity index (χ2n) is 1.02. The Labute approximate surface area is 104 Å². The van der Waals surface area contributed by atoms with Crippen LogP contribution in [-0.2, 0) is 15.1 Å². The molecule has 0 aromatic rings. The topological polar surface area (TPSA) is 92.8 Å². The molecule has 1 fully saturated rings. The van der Waals surface area contributed by atoms with Crippen molar-refractivity contribution in [2.45, 2.75) is 0 Å². The van der Waals surface area contributed by atoms with Crippen molar-refractivity contribution in [1.82, 2.24) is 0 Å². The Morgan fingerprint density at radius 2 is 1.20 bits per heavy atom. The van der Waals surface area contributed by atoms with Gasteiger partial charge in [0, 0.05) is 10.4 Å². The molecule has 0 unspecified atom stereocenters. The fraction of sp³-hybridized carbons (Fsp3) is 1.00. The SMILES string of the molecule is C1CO1.O=S(=O)([O-])[O-].[Na+].[Na+]. The Balaban J connectivity index is -0.0000000860. The Bertz CT molecular complexity index is 129. The molecule has 0 saturated carbocycles. The van der Waals surface area contributed by atoms with Crippen LogP contribution in [0, 0.1) is 0 Å². The average molecular weight is 186 g/mol. The van der Waals surface area contributed by atoms with E-state index in [0.29, 0.717) is 0 Å². The molecule has 0 aromatic heterocycles. The van der Waals surface area contributed by atoms with Crippen LogP contribution in [0.15, 0.2) is 0 Å². The van der Waals surface area contributed by atoms with E-state index in [1.807, 2.05) is 0 Å². The third-order valence-corrected chi connectivity index (χ3v) is 0.204. The summed E-state index contributed by atoms with van der Waals surface area (Å²) in [6, 6.07) is 0. The number of epoxide rings is 1. The molecule has 1 heterocycles. The van der Waals surface area contributed by atoms with Crippen LogP contribution in [0.2, 0.25) is 0 Å². The number of hydrogen-bond donors (Lipinski definition) is 0. The van der Waals surface area contributed by atoms with Crippen molar-refractivity contribution in [3.63, 3.8) is 0 Å². The molecule has 0 atom stereocenters. The molecule has 0 radical (unpaired) electrons. The summed E-state index contributed by atoms with van der Waals surface area (Å²) in [5, 5.41) is 0. The Kier molecular flexibility index (Phi) is 15.9. The minimum absolute atomic E-state index is 0. The summed E-state index contributed by atoms with van der Waals surface area (Å²) < 4.78 is 38.6. The summed E-state index contributed by atoms with van der Waals surface area (Å²) >= 11 is 0. The van der Waals surface area contributed by atoms with Gasteiger partial charge in [-0.1, -0.05) is 0 Å². The average Bonchev–Trinajstić information content (AvgIpc) is 1.95. The molecule has 1 saturated heterocycles. The maximum Gasteiger partial charge on any atom is 1.00 e. The van der Waals surface area contributed by atoms with Crippen molar-refractivity contribution in [2.75, 3.05) is 13.2 Å². The maximum absolute atomic E-state index is 8.52. The van der Waals surface area contributed by atoms with Crippen LogP contribution < -0.4 is 59.1 Å². The summed E-state index contributed by atoms with van der Waals surface area (Å²) in [7, 11) is -5.17. The largest absolute Gasteiger partial charge is 1.00 e. The van der Waals surface area contributed by atoms with E-state index in [9.17, 15) is 0 Å². The van der Waals surface area contributed by atoms with E-state index >= 15 is 0 Å². The zero-order valence-electron chi connectivity index (χ0n) is 5.86. The Morgan fingerprint density at radius 3 is 1.20 bits per heavy atom. The van der Waals surface area contributed by atoms with E-state index in [1.54, 1.807) is 0 Å². The third-order valence-electron chi connectivity index (χ3n) is 0.204. The fourth-order valence-corrected chi connectivity index (χ4v) is 0. The molecular weight excluding hydrogens is 182 g/mol. The van der Waals surface area contributed by atoms with Gasteiger partial charge in [0.1, 0.15) is 0 Å². The Morgan fingerprint density at radius 1 is 1.10 bits per heavy atom. The van der Waals surface area contributed by atoms with E-state index in [0.717, 1.165) is 13.2 Å². The zero-order valence-corrected chi connectivity index (χ0v) is 10.7.